The molecule has 0 aromatic heterocycles. The van der Waals surface area contributed by atoms with Crippen molar-refractivity contribution >= 4 is 0 Å². The molecule has 1 heterocycles. The van der Waals surface area contributed by atoms with Crippen LogP contribution in [0.1, 0.15) is 40.0 Å². The van der Waals surface area contributed by atoms with Crippen LogP contribution in [-0.2, 0) is 0 Å². The van der Waals surface area contributed by atoms with E-state index in [9.17, 15) is 0 Å². The highest BCUT2D eigenvalue weighted by molar-refractivity contribution is 5.03. The van der Waals surface area contributed by atoms with E-state index < -0.39 is 0 Å². The summed E-state index contributed by atoms with van der Waals surface area (Å²) in [6.45, 7) is 9.36. The summed E-state index contributed by atoms with van der Waals surface area (Å²) in [7, 11) is 0. The van der Waals surface area contributed by atoms with Crippen molar-refractivity contribution in [2.75, 3.05) is 13.1 Å². The van der Waals surface area contributed by atoms with E-state index >= 15 is 0 Å². The summed E-state index contributed by atoms with van der Waals surface area (Å²) in [5.74, 6) is 0. The van der Waals surface area contributed by atoms with Gasteiger partial charge in [-0.3, -0.25) is 0 Å². The number of nitrogens with one attached hydrogen (secondary N) is 2. The lowest BCUT2D eigenvalue weighted by atomic mass is 10.0. The summed E-state index contributed by atoms with van der Waals surface area (Å²) in [6, 6.07) is 0.770. The van der Waals surface area contributed by atoms with Gasteiger partial charge in [0.15, 0.2) is 0 Å². The maximum absolute atomic E-state index is 3.67. The Morgan fingerprint density at radius 2 is 2.08 bits per heavy atom. The second-order valence-electron chi connectivity index (χ2n) is 5.72. The van der Waals surface area contributed by atoms with Crippen molar-refractivity contribution in [2.45, 2.75) is 51.6 Å². The van der Waals surface area contributed by atoms with Crippen LogP contribution < -0.4 is 10.6 Å². The van der Waals surface area contributed by atoms with Crippen LogP contribution in [0, 0.1) is 5.41 Å². The molecule has 1 saturated carbocycles. The van der Waals surface area contributed by atoms with Crippen LogP contribution in [0.5, 0.6) is 0 Å². The van der Waals surface area contributed by atoms with Gasteiger partial charge < -0.3 is 10.6 Å². The van der Waals surface area contributed by atoms with Crippen LogP contribution in [0.2, 0.25) is 0 Å². The van der Waals surface area contributed by atoms with Crippen LogP contribution >= 0.6 is 0 Å². The SMILES string of the molecule is CC1(CNC2CC2(C)C)CCCN1. The molecule has 76 valence electrons. The molecule has 2 rings (SSSR count). The fraction of sp³-hybridized carbons (Fsp3) is 1.00. The van der Waals surface area contributed by atoms with Gasteiger partial charge in [-0.2, -0.15) is 0 Å². The Kier molecular flexibility index (Phi) is 2.16. The lowest BCUT2D eigenvalue weighted by molar-refractivity contribution is 0.373. The normalized spacial score (nSPS) is 42.2. The van der Waals surface area contributed by atoms with Gasteiger partial charge in [0, 0.05) is 18.1 Å². The second kappa shape index (κ2) is 2.96. The highest BCUT2D eigenvalue weighted by Crippen LogP contribution is 2.44. The molecule has 0 aromatic rings. The molecule has 1 aliphatic heterocycles. The molecule has 1 saturated heterocycles. The summed E-state index contributed by atoms with van der Waals surface area (Å²) in [4.78, 5) is 0. The van der Waals surface area contributed by atoms with Crippen molar-refractivity contribution < 1.29 is 0 Å². The molecule has 2 unspecified atom stereocenters. The van der Waals surface area contributed by atoms with E-state index in [1.807, 2.05) is 0 Å². The van der Waals surface area contributed by atoms with E-state index in [0.717, 1.165) is 12.6 Å². The monoisotopic (exact) mass is 182 g/mol. The molecule has 0 spiro atoms. The van der Waals surface area contributed by atoms with Gasteiger partial charge in [0.05, 0.1) is 0 Å². The first-order valence-corrected chi connectivity index (χ1v) is 5.50. The molecule has 2 atom stereocenters. The molecular formula is C11H22N2. The Hall–Kier alpha value is -0.0800. The van der Waals surface area contributed by atoms with Gasteiger partial charge in [0.1, 0.15) is 0 Å². The lowest BCUT2D eigenvalue weighted by Gasteiger charge is -2.25. The topological polar surface area (TPSA) is 24.1 Å². The van der Waals surface area contributed by atoms with Crippen molar-refractivity contribution in [1.29, 1.82) is 0 Å². The van der Waals surface area contributed by atoms with Crippen molar-refractivity contribution in [1.82, 2.24) is 10.6 Å². The van der Waals surface area contributed by atoms with E-state index in [4.69, 9.17) is 0 Å². The molecule has 2 heteroatoms. The van der Waals surface area contributed by atoms with Crippen LogP contribution in [0.4, 0.5) is 0 Å². The first-order valence-electron chi connectivity index (χ1n) is 5.50. The Bertz CT molecular complexity index is 192. The number of rotatable bonds is 3. The average Bonchev–Trinajstić information content (AvgIpc) is 2.43. The third kappa shape index (κ3) is 2.05. The quantitative estimate of drug-likeness (QED) is 0.691. The predicted octanol–water partition coefficient (Wildman–Crippen LogP) is 1.52. The summed E-state index contributed by atoms with van der Waals surface area (Å²) in [5.41, 5.74) is 0.938. The Labute approximate surface area is 81.5 Å². The van der Waals surface area contributed by atoms with E-state index in [1.165, 1.54) is 25.8 Å². The fourth-order valence-corrected chi connectivity index (χ4v) is 2.27. The van der Waals surface area contributed by atoms with Gasteiger partial charge in [0.2, 0.25) is 0 Å². The van der Waals surface area contributed by atoms with Crippen molar-refractivity contribution in [3.63, 3.8) is 0 Å². The molecule has 2 N–H and O–H groups in total. The van der Waals surface area contributed by atoms with Crippen molar-refractivity contribution in [2.24, 2.45) is 5.41 Å². The zero-order valence-corrected chi connectivity index (χ0v) is 9.11. The van der Waals surface area contributed by atoms with Crippen molar-refractivity contribution in [3.8, 4) is 0 Å². The van der Waals surface area contributed by atoms with E-state index in [1.54, 1.807) is 0 Å². The van der Waals surface area contributed by atoms with Crippen molar-refractivity contribution in [3.05, 3.63) is 0 Å². The van der Waals surface area contributed by atoms with E-state index in [2.05, 4.69) is 31.4 Å². The molecule has 0 aromatic carbocycles. The van der Waals surface area contributed by atoms with Gasteiger partial charge in [0.25, 0.3) is 0 Å². The summed E-state index contributed by atoms with van der Waals surface area (Å²) >= 11 is 0. The smallest absolute Gasteiger partial charge is 0.0278 e. The minimum absolute atomic E-state index is 0.374. The largest absolute Gasteiger partial charge is 0.312 e. The molecule has 2 nitrogen and oxygen atoms in total. The summed E-state index contributed by atoms with van der Waals surface area (Å²) < 4.78 is 0. The van der Waals surface area contributed by atoms with Gasteiger partial charge in [-0.25, -0.2) is 0 Å². The highest BCUT2D eigenvalue weighted by Gasteiger charge is 2.46. The number of hydrogen-bond donors (Lipinski definition) is 2. The first kappa shape index (κ1) is 9.47. The minimum Gasteiger partial charge on any atom is -0.312 e. The van der Waals surface area contributed by atoms with Crippen LogP contribution in [0.3, 0.4) is 0 Å². The van der Waals surface area contributed by atoms with E-state index in [0.29, 0.717) is 11.0 Å². The zero-order chi connectivity index (χ0) is 9.53. The number of hydrogen-bond acceptors (Lipinski definition) is 2. The standard InChI is InChI=1S/C11H22N2/c1-10(2)7-9(10)12-8-11(3)5-4-6-13-11/h9,12-13H,4-8H2,1-3H3. The van der Waals surface area contributed by atoms with Gasteiger partial charge in [-0.15, -0.1) is 0 Å². The average molecular weight is 182 g/mol. The third-order valence-corrected chi connectivity index (χ3v) is 3.71. The molecule has 2 fully saturated rings. The van der Waals surface area contributed by atoms with Crippen LogP contribution in [0.25, 0.3) is 0 Å². The molecule has 0 radical (unpaired) electrons. The first-order chi connectivity index (χ1) is 6.02. The molecule has 2 aliphatic rings. The Balaban J connectivity index is 1.74. The van der Waals surface area contributed by atoms with Gasteiger partial charge >= 0.3 is 0 Å². The van der Waals surface area contributed by atoms with Gasteiger partial charge in [-0.1, -0.05) is 13.8 Å². The Morgan fingerprint density at radius 1 is 1.38 bits per heavy atom. The Morgan fingerprint density at radius 3 is 2.54 bits per heavy atom. The summed E-state index contributed by atoms with van der Waals surface area (Å²) in [5, 5.41) is 7.25. The lowest BCUT2D eigenvalue weighted by Crippen LogP contribution is -2.46. The molecular weight excluding hydrogens is 160 g/mol. The maximum Gasteiger partial charge on any atom is 0.0278 e. The molecule has 13 heavy (non-hydrogen) atoms. The van der Waals surface area contributed by atoms with E-state index in [-0.39, 0.29) is 0 Å². The molecule has 0 amide bonds. The zero-order valence-electron chi connectivity index (χ0n) is 9.11. The molecule has 0 bridgehead atoms. The van der Waals surface area contributed by atoms with Crippen LogP contribution in [-0.4, -0.2) is 24.7 Å². The minimum atomic E-state index is 0.374. The van der Waals surface area contributed by atoms with Gasteiger partial charge in [-0.05, 0) is 38.1 Å². The third-order valence-electron chi connectivity index (χ3n) is 3.71. The maximum atomic E-state index is 3.67. The second-order valence-corrected chi connectivity index (χ2v) is 5.72. The molecule has 1 aliphatic carbocycles. The van der Waals surface area contributed by atoms with Crippen LogP contribution in [0.15, 0.2) is 0 Å². The highest BCUT2D eigenvalue weighted by atomic mass is 15.1. The predicted molar refractivity (Wildman–Crippen MR) is 55.8 cm³/mol. The fourth-order valence-electron chi connectivity index (χ4n) is 2.27. The summed E-state index contributed by atoms with van der Waals surface area (Å²) in [6.07, 6.45) is 4.02.